The van der Waals surface area contributed by atoms with Gasteiger partial charge in [-0.05, 0) is 61.6 Å². The van der Waals surface area contributed by atoms with E-state index in [1.807, 2.05) is 0 Å². The third-order valence-electron chi connectivity index (χ3n) is 8.45. The predicted molar refractivity (Wildman–Crippen MR) is 155 cm³/mol. The molecule has 5 heteroatoms. The lowest BCUT2D eigenvalue weighted by Crippen LogP contribution is -2.26. The van der Waals surface area contributed by atoms with Gasteiger partial charge in [-0.15, -0.1) is 0 Å². The Kier molecular flexibility index (Phi) is 10.8. The van der Waals surface area contributed by atoms with Crippen LogP contribution in [0.1, 0.15) is 127 Å². The van der Waals surface area contributed by atoms with Gasteiger partial charge in [-0.2, -0.15) is 4.98 Å². The van der Waals surface area contributed by atoms with E-state index in [9.17, 15) is 0 Å². The van der Waals surface area contributed by atoms with Crippen LogP contribution in [0.15, 0.2) is 36.8 Å². The zero-order chi connectivity index (χ0) is 25.9. The van der Waals surface area contributed by atoms with Gasteiger partial charge in [0, 0.05) is 17.3 Å². The number of anilines is 1. The molecular weight excluding hydrogens is 454 g/mol. The normalized spacial score (nSPS) is 18.9. The first-order chi connectivity index (χ1) is 18.2. The summed E-state index contributed by atoms with van der Waals surface area (Å²) in [5.74, 6) is 2.07. The van der Waals surface area contributed by atoms with Gasteiger partial charge in [0.15, 0.2) is 5.82 Å². The molecule has 2 aliphatic rings. The van der Waals surface area contributed by atoms with Crippen molar-refractivity contribution in [3.8, 4) is 11.4 Å². The van der Waals surface area contributed by atoms with Crippen LogP contribution in [0.2, 0.25) is 0 Å². The Morgan fingerprint density at radius 2 is 1.59 bits per heavy atom. The number of hydrogen-bond donors (Lipinski definition) is 2. The number of nitrogens with one attached hydrogen (secondary N) is 2. The fourth-order valence-electron chi connectivity index (χ4n) is 6.24. The predicted octanol–water partition coefficient (Wildman–Crippen LogP) is 8.54. The molecule has 0 bridgehead atoms. The van der Waals surface area contributed by atoms with Crippen molar-refractivity contribution in [2.75, 3.05) is 5.32 Å². The minimum Gasteiger partial charge on any atom is -0.382 e. The standard InChI is InChI=1S/C32H49N5/c1-4-15-30(35-24(3)26-16-11-7-6-8-12-17-26)29-21-20-27(22-25(29)5-2)31-33-23-34-32(37-31)36-28-18-13-9-10-14-19-28/h20-23,26,28,30,35H,3-19H2,1-2H3,(H,33,34,36,37). The van der Waals surface area contributed by atoms with Crippen LogP contribution in [0.25, 0.3) is 11.4 Å². The van der Waals surface area contributed by atoms with E-state index in [4.69, 9.17) is 4.98 Å². The molecule has 0 saturated heterocycles. The van der Waals surface area contributed by atoms with Crippen molar-refractivity contribution >= 4 is 5.95 Å². The summed E-state index contributed by atoms with van der Waals surface area (Å²) in [6.07, 6.45) is 21.9. The van der Waals surface area contributed by atoms with Gasteiger partial charge < -0.3 is 10.6 Å². The van der Waals surface area contributed by atoms with Gasteiger partial charge in [-0.3, -0.25) is 0 Å². The van der Waals surface area contributed by atoms with E-state index in [1.165, 1.54) is 100 Å². The molecule has 1 heterocycles. The molecule has 0 spiro atoms. The topological polar surface area (TPSA) is 62.7 Å². The number of aryl methyl sites for hydroxylation is 1. The molecule has 202 valence electrons. The van der Waals surface area contributed by atoms with E-state index in [0.717, 1.165) is 30.7 Å². The Balaban J connectivity index is 1.49. The molecule has 1 aromatic heterocycles. The van der Waals surface area contributed by atoms with Gasteiger partial charge in [-0.25, -0.2) is 9.97 Å². The fourth-order valence-corrected chi connectivity index (χ4v) is 6.24. The van der Waals surface area contributed by atoms with Crippen molar-refractivity contribution in [2.24, 2.45) is 5.92 Å². The molecule has 2 aliphatic carbocycles. The van der Waals surface area contributed by atoms with Gasteiger partial charge in [0.1, 0.15) is 6.33 Å². The second kappa shape index (κ2) is 14.5. The highest BCUT2D eigenvalue weighted by atomic mass is 15.2. The molecular formula is C32H49N5. The average Bonchev–Trinajstić information content (AvgIpc) is 3.16. The first-order valence-electron chi connectivity index (χ1n) is 15.2. The lowest BCUT2D eigenvalue weighted by Gasteiger charge is -2.29. The summed E-state index contributed by atoms with van der Waals surface area (Å²) in [5.41, 5.74) is 5.08. The number of nitrogens with zero attached hydrogens (tertiary/aromatic N) is 3. The number of benzene rings is 1. The smallest absolute Gasteiger partial charge is 0.226 e. The molecule has 1 aromatic carbocycles. The van der Waals surface area contributed by atoms with Crippen LogP contribution in [-0.4, -0.2) is 21.0 Å². The highest BCUT2D eigenvalue weighted by Crippen LogP contribution is 2.32. The summed E-state index contributed by atoms with van der Waals surface area (Å²) >= 11 is 0. The van der Waals surface area contributed by atoms with Crippen molar-refractivity contribution in [1.82, 2.24) is 20.3 Å². The molecule has 2 fully saturated rings. The third-order valence-corrected chi connectivity index (χ3v) is 8.45. The van der Waals surface area contributed by atoms with Crippen molar-refractivity contribution in [3.63, 3.8) is 0 Å². The Morgan fingerprint density at radius 1 is 0.919 bits per heavy atom. The molecule has 1 atom stereocenters. The van der Waals surface area contributed by atoms with Crippen LogP contribution in [0, 0.1) is 5.92 Å². The van der Waals surface area contributed by atoms with E-state index in [2.05, 4.69) is 59.2 Å². The summed E-state index contributed by atoms with van der Waals surface area (Å²) in [4.78, 5) is 13.8. The largest absolute Gasteiger partial charge is 0.382 e. The van der Waals surface area contributed by atoms with Gasteiger partial charge in [-0.1, -0.05) is 96.8 Å². The van der Waals surface area contributed by atoms with Crippen molar-refractivity contribution in [3.05, 3.63) is 47.9 Å². The molecule has 0 aliphatic heterocycles. The van der Waals surface area contributed by atoms with E-state index in [-0.39, 0.29) is 0 Å². The quantitative estimate of drug-likeness (QED) is 0.318. The van der Waals surface area contributed by atoms with E-state index >= 15 is 0 Å². The lowest BCUT2D eigenvalue weighted by atomic mass is 9.88. The van der Waals surface area contributed by atoms with Crippen LogP contribution in [-0.2, 0) is 6.42 Å². The number of rotatable bonds is 10. The van der Waals surface area contributed by atoms with E-state index < -0.39 is 0 Å². The molecule has 0 amide bonds. The lowest BCUT2D eigenvalue weighted by molar-refractivity contribution is 0.388. The third kappa shape index (κ3) is 8.02. The number of hydrogen-bond acceptors (Lipinski definition) is 5. The average molecular weight is 504 g/mol. The van der Waals surface area contributed by atoms with Gasteiger partial charge in [0.25, 0.3) is 0 Å². The van der Waals surface area contributed by atoms with Crippen molar-refractivity contribution in [2.45, 2.75) is 129 Å². The monoisotopic (exact) mass is 503 g/mol. The summed E-state index contributed by atoms with van der Waals surface area (Å²) in [7, 11) is 0. The first-order valence-corrected chi connectivity index (χ1v) is 15.2. The molecule has 2 N–H and O–H groups in total. The Bertz CT molecular complexity index is 971. The summed E-state index contributed by atoms with van der Waals surface area (Å²) in [6.45, 7) is 9.07. The molecule has 5 nitrogen and oxygen atoms in total. The first kappa shape index (κ1) is 27.6. The second-order valence-electron chi connectivity index (χ2n) is 11.3. The van der Waals surface area contributed by atoms with Gasteiger partial charge >= 0.3 is 0 Å². The molecule has 37 heavy (non-hydrogen) atoms. The zero-order valence-corrected chi connectivity index (χ0v) is 23.4. The Labute approximate surface area is 225 Å². The maximum absolute atomic E-state index is 4.82. The molecule has 2 aromatic rings. The highest BCUT2D eigenvalue weighted by molar-refractivity contribution is 5.58. The molecule has 2 saturated carbocycles. The molecule has 0 radical (unpaired) electrons. The summed E-state index contributed by atoms with van der Waals surface area (Å²) < 4.78 is 0. The van der Waals surface area contributed by atoms with Crippen LogP contribution >= 0.6 is 0 Å². The second-order valence-corrected chi connectivity index (χ2v) is 11.3. The van der Waals surface area contributed by atoms with Crippen LogP contribution in [0.3, 0.4) is 0 Å². The Hall–Kier alpha value is -2.43. The van der Waals surface area contributed by atoms with Crippen LogP contribution in [0.5, 0.6) is 0 Å². The molecule has 4 rings (SSSR count). The minimum atomic E-state index is 0.303. The maximum atomic E-state index is 4.82. The number of aromatic nitrogens is 3. The fraction of sp³-hybridized carbons (Fsp3) is 0.656. The SMILES string of the molecule is C=C(NC(CCC)c1ccc(-c2ncnc(NC3CCCCCC3)n2)cc1CC)C1CCCCCCC1. The summed E-state index contributed by atoms with van der Waals surface area (Å²) in [6, 6.07) is 7.57. The van der Waals surface area contributed by atoms with Crippen molar-refractivity contribution < 1.29 is 0 Å². The van der Waals surface area contributed by atoms with E-state index in [0.29, 0.717) is 23.9 Å². The Morgan fingerprint density at radius 3 is 2.27 bits per heavy atom. The number of allylic oxidation sites excluding steroid dienone is 1. The summed E-state index contributed by atoms with van der Waals surface area (Å²) in [5, 5.41) is 7.49. The minimum absolute atomic E-state index is 0.303. The van der Waals surface area contributed by atoms with Crippen LogP contribution < -0.4 is 10.6 Å². The molecule has 1 unspecified atom stereocenters. The van der Waals surface area contributed by atoms with Crippen LogP contribution in [0.4, 0.5) is 5.95 Å². The van der Waals surface area contributed by atoms with Gasteiger partial charge in [0.05, 0.1) is 6.04 Å². The van der Waals surface area contributed by atoms with Gasteiger partial charge in [0.2, 0.25) is 5.95 Å². The maximum Gasteiger partial charge on any atom is 0.226 e. The zero-order valence-electron chi connectivity index (χ0n) is 23.4. The van der Waals surface area contributed by atoms with Crippen molar-refractivity contribution in [1.29, 1.82) is 0 Å². The van der Waals surface area contributed by atoms with E-state index in [1.54, 1.807) is 6.33 Å². The highest BCUT2D eigenvalue weighted by Gasteiger charge is 2.21.